The van der Waals surface area contributed by atoms with Crippen LogP contribution in [0, 0.1) is 0 Å². The second-order valence-corrected chi connectivity index (χ2v) is 7.95. The molecule has 1 amide bonds. The van der Waals surface area contributed by atoms with Crippen LogP contribution in [0.3, 0.4) is 0 Å². The zero-order chi connectivity index (χ0) is 17.5. The standard InChI is InChI=1S/C19H28N4OS.HI/c1-20-19(22-14-16-7-5-13-25-16)21-11-4-9-18(24)23-12-10-15-6-2-3-8-17(15)23;/h2-3,6,8,16H,4-5,7,9-14H2,1H3,(H2,20,21,22);1H. The number of carbonyl (C=O) groups excluding carboxylic acids is 1. The van der Waals surface area contributed by atoms with Gasteiger partial charge in [-0.05, 0) is 43.1 Å². The summed E-state index contributed by atoms with van der Waals surface area (Å²) in [7, 11) is 1.80. The first-order valence-corrected chi connectivity index (χ1v) is 10.3. The molecular weight excluding hydrogens is 459 g/mol. The van der Waals surface area contributed by atoms with Gasteiger partial charge in [-0.1, -0.05) is 18.2 Å². The summed E-state index contributed by atoms with van der Waals surface area (Å²) in [5.74, 6) is 2.34. The molecule has 26 heavy (non-hydrogen) atoms. The number of rotatable bonds is 6. The number of thioether (sulfide) groups is 1. The van der Waals surface area contributed by atoms with Crippen LogP contribution in [0.5, 0.6) is 0 Å². The SMILES string of the molecule is CN=C(NCCCC(=O)N1CCc2ccccc21)NCC1CCCS1.I. The van der Waals surface area contributed by atoms with Gasteiger partial charge in [0.2, 0.25) is 5.91 Å². The van der Waals surface area contributed by atoms with E-state index in [4.69, 9.17) is 0 Å². The molecule has 1 aromatic rings. The van der Waals surface area contributed by atoms with E-state index in [1.165, 1.54) is 24.2 Å². The number of carbonyl (C=O) groups is 1. The fourth-order valence-corrected chi connectivity index (χ4v) is 4.62. The summed E-state index contributed by atoms with van der Waals surface area (Å²) in [6.45, 7) is 2.54. The number of halogens is 1. The molecule has 2 aliphatic heterocycles. The van der Waals surface area contributed by atoms with Gasteiger partial charge in [0.15, 0.2) is 5.96 Å². The van der Waals surface area contributed by atoms with Crippen LogP contribution >= 0.6 is 35.7 Å². The molecule has 1 atom stereocenters. The Morgan fingerprint density at radius 2 is 2.19 bits per heavy atom. The highest BCUT2D eigenvalue weighted by atomic mass is 127. The van der Waals surface area contributed by atoms with Crippen LogP contribution in [0.2, 0.25) is 0 Å². The normalized spacial score (nSPS) is 19.0. The number of hydrogen-bond acceptors (Lipinski definition) is 3. The Balaban J connectivity index is 0.00000243. The summed E-state index contributed by atoms with van der Waals surface area (Å²) in [4.78, 5) is 18.7. The van der Waals surface area contributed by atoms with Crippen molar-refractivity contribution in [1.29, 1.82) is 0 Å². The molecule has 7 heteroatoms. The summed E-state index contributed by atoms with van der Waals surface area (Å²) in [5, 5.41) is 7.41. The predicted molar refractivity (Wildman–Crippen MR) is 122 cm³/mol. The highest BCUT2D eigenvalue weighted by Crippen LogP contribution is 2.28. The number of guanidine groups is 1. The molecule has 3 rings (SSSR count). The van der Waals surface area contributed by atoms with Crippen LogP contribution in [0.15, 0.2) is 29.3 Å². The van der Waals surface area contributed by atoms with Gasteiger partial charge in [0.25, 0.3) is 0 Å². The third-order valence-electron chi connectivity index (χ3n) is 4.79. The number of hydrogen-bond donors (Lipinski definition) is 2. The third-order valence-corrected chi connectivity index (χ3v) is 6.19. The van der Waals surface area contributed by atoms with Crippen molar-refractivity contribution < 1.29 is 4.79 Å². The van der Waals surface area contributed by atoms with Crippen molar-refractivity contribution in [2.24, 2.45) is 4.99 Å². The molecular formula is C19H29IN4OS. The van der Waals surface area contributed by atoms with E-state index < -0.39 is 0 Å². The molecule has 0 saturated carbocycles. The topological polar surface area (TPSA) is 56.7 Å². The van der Waals surface area contributed by atoms with Crippen LogP contribution in [0.1, 0.15) is 31.2 Å². The highest BCUT2D eigenvalue weighted by molar-refractivity contribution is 14.0. The second kappa shape index (κ2) is 11.0. The van der Waals surface area contributed by atoms with E-state index in [2.05, 4.69) is 21.7 Å². The second-order valence-electron chi connectivity index (χ2n) is 6.54. The molecule has 0 bridgehead atoms. The number of amides is 1. The number of nitrogens with zero attached hydrogens (tertiary/aromatic N) is 2. The van der Waals surface area contributed by atoms with Crippen LogP contribution in [-0.4, -0.2) is 49.6 Å². The minimum absolute atomic E-state index is 0. The van der Waals surface area contributed by atoms with E-state index in [0.717, 1.165) is 44.1 Å². The fourth-order valence-electron chi connectivity index (χ4n) is 3.42. The molecule has 0 spiro atoms. The number of nitrogens with one attached hydrogen (secondary N) is 2. The maximum absolute atomic E-state index is 12.5. The fraction of sp³-hybridized carbons (Fsp3) is 0.579. The molecule has 2 heterocycles. The maximum Gasteiger partial charge on any atom is 0.227 e. The van der Waals surface area contributed by atoms with Crippen LogP contribution < -0.4 is 15.5 Å². The van der Waals surface area contributed by atoms with Gasteiger partial charge in [0.05, 0.1) is 0 Å². The first-order valence-electron chi connectivity index (χ1n) is 9.22. The Morgan fingerprint density at radius 3 is 2.96 bits per heavy atom. The number of benzene rings is 1. The number of fused-ring (bicyclic) bond motifs is 1. The molecule has 1 fully saturated rings. The van der Waals surface area contributed by atoms with Crippen LogP contribution in [-0.2, 0) is 11.2 Å². The average molecular weight is 488 g/mol. The van der Waals surface area contributed by atoms with E-state index in [-0.39, 0.29) is 29.9 Å². The number of para-hydroxylation sites is 1. The van der Waals surface area contributed by atoms with E-state index in [1.807, 2.05) is 34.9 Å². The Kier molecular flexibility index (Phi) is 9.04. The molecule has 2 aliphatic rings. The first-order chi connectivity index (χ1) is 12.3. The molecule has 1 aromatic carbocycles. The van der Waals surface area contributed by atoms with Crippen molar-refractivity contribution in [3.63, 3.8) is 0 Å². The lowest BCUT2D eigenvalue weighted by Crippen LogP contribution is -2.40. The Labute approximate surface area is 177 Å². The predicted octanol–water partition coefficient (Wildman–Crippen LogP) is 3.03. The molecule has 144 valence electrons. The van der Waals surface area contributed by atoms with Gasteiger partial charge >= 0.3 is 0 Å². The molecule has 0 aliphatic carbocycles. The summed E-state index contributed by atoms with van der Waals surface area (Å²) < 4.78 is 0. The highest BCUT2D eigenvalue weighted by Gasteiger charge is 2.23. The van der Waals surface area contributed by atoms with Crippen molar-refractivity contribution >= 4 is 53.3 Å². The lowest BCUT2D eigenvalue weighted by molar-refractivity contribution is -0.118. The van der Waals surface area contributed by atoms with E-state index in [0.29, 0.717) is 11.7 Å². The maximum atomic E-state index is 12.5. The summed E-state index contributed by atoms with van der Waals surface area (Å²) in [6, 6.07) is 8.21. The molecule has 1 unspecified atom stereocenters. The van der Waals surface area contributed by atoms with Crippen molar-refractivity contribution in [3.05, 3.63) is 29.8 Å². The monoisotopic (exact) mass is 488 g/mol. The number of aliphatic imine (C=N–C) groups is 1. The van der Waals surface area contributed by atoms with Gasteiger partial charge in [-0.25, -0.2) is 0 Å². The van der Waals surface area contributed by atoms with Crippen molar-refractivity contribution in [3.8, 4) is 0 Å². The molecule has 0 aromatic heterocycles. The van der Waals surface area contributed by atoms with Gasteiger partial charge < -0.3 is 15.5 Å². The molecule has 0 radical (unpaired) electrons. The Bertz CT molecular complexity index is 619. The van der Waals surface area contributed by atoms with Crippen LogP contribution in [0.25, 0.3) is 0 Å². The van der Waals surface area contributed by atoms with Gasteiger partial charge in [0, 0.05) is 44.0 Å². The minimum Gasteiger partial charge on any atom is -0.356 e. The molecule has 2 N–H and O–H groups in total. The van der Waals surface area contributed by atoms with Gasteiger partial charge in [0.1, 0.15) is 0 Å². The summed E-state index contributed by atoms with van der Waals surface area (Å²) in [5.41, 5.74) is 2.37. The largest absolute Gasteiger partial charge is 0.356 e. The van der Waals surface area contributed by atoms with E-state index >= 15 is 0 Å². The number of anilines is 1. The molecule has 1 saturated heterocycles. The third kappa shape index (κ3) is 5.77. The Morgan fingerprint density at radius 1 is 1.35 bits per heavy atom. The summed E-state index contributed by atoms with van der Waals surface area (Å²) in [6.07, 6.45) is 4.97. The summed E-state index contributed by atoms with van der Waals surface area (Å²) >= 11 is 2.04. The minimum atomic E-state index is 0. The zero-order valence-electron chi connectivity index (χ0n) is 15.4. The average Bonchev–Trinajstić information content (AvgIpc) is 3.30. The molecule has 5 nitrogen and oxygen atoms in total. The van der Waals surface area contributed by atoms with Gasteiger partial charge in [-0.2, -0.15) is 11.8 Å². The quantitative estimate of drug-likeness (QED) is 0.280. The smallest absolute Gasteiger partial charge is 0.227 e. The van der Waals surface area contributed by atoms with Crippen molar-refractivity contribution in [1.82, 2.24) is 10.6 Å². The van der Waals surface area contributed by atoms with Gasteiger partial charge in [-0.3, -0.25) is 9.79 Å². The van der Waals surface area contributed by atoms with Crippen LogP contribution in [0.4, 0.5) is 5.69 Å². The van der Waals surface area contributed by atoms with E-state index in [9.17, 15) is 4.79 Å². The lowest BCUT2D eigenvalue weighted by atomic mass is 10.2. The first kappa shape index (κ1) is 21.3. The van der Waals surface area contributed by atoms with Gasteiger partial charge in [-0.15, -0.1) is 24.0 Å². The van der Waals surface area contributed by atoms with Crippen molar-refractivity contribution in [2.75, 3.05) is 37.3 Å². The van der Waals surface area contributed by atoms with Crippen molar-refractivity contribution in [2.45, 2.75) is 37.4 Å². The van der Waals surface area contributed by atoms with E-state index in [1.54, 1.807) is 7.05 Å². The zero-order valence-corrected chi connectivity index (χ0v) is 18.5. The Hall–Kier alpha value is -0.960. The lowest BCUT2D eigenvalue weighted by Gasteiger charge is -2.18.